The zero-order chi connectivity index (χ0) is 14.0. The molecule has 2 aromatic rings. The molecular weight excluding hydrogens is 268 g/mol. The molecule has 0 aliphatic carbocycles. The van der Waals surface area contributed by atoms with Crippen LogP contribution in [-0.2, 0) is 0 Å². The number of hydrogen-bond donors (Lipinski definition) is 1. The summed E-state index contributed by atoms with van der Waals surface area (Å²) in [6.45, 7) is 1.64. The first-order valence-electron chi connectivity index (χ1n) is 5.44. The van der Waals surface area contributed by atoms with Crippen molar-refractivity contribution in [3.05, 3.63) is 40.8 Å². The minimum Gasteiger partial charge on any atom is -0.495 e. The summed E-state index contributed by atoms with van der Waals surface area (Å²) in [5.74, 6) is -0.150. The number of aromatic nitrogens is 2. The van der Waals surface area contributed by atoms with Crippen molar-refractivity contribution < 1.29 is 14.6 Å². The van der Waals surface area contributed by atoms with Crippen LogP contribution in [0, 0.1) is 6.92 Å². The lowest BCUT2D eigenvalue weighted by Crippen LogP contribution is -2.04. The second-order valence-corrected chi connectivity index (χ2v) is 4.25. The Hall–Kier alpha value is -2.14. The van der Waals surface area contributed by atoms with Crippen LogP contribution < -0.4 is 4.74 Å². The fourth-order valence-electron chi connectivity index (χ4n) is 1.65. The van der Waals surface area contributed by atoms with Gasteiger partial charge in [-0.3, -0.25) is 0 Å². The predicted molar refractivity (Wildman–Crippen MR) is 70.7 cm³/mol. The van der Waals surface area contributed by atoms with E-state index in [1.54, 1.807) is 25.1 Å². The van der Waals surface area contributed by atoms with Gasteiger partial charge in [0.15, 0.2) is 5.69 Å². The summed E-state index contributed by atoms with van der Waals surface area (Å²) >= 11 is 6.04. The van der Waals surface area contributed by atoms with Crippen molar-refractivity contribution in [2.75, 3.05) is 7.11 Å². The highest BCUT2D eigenvalue weighted by Gasteiger charge is 2.11. The maximum absolute atomic E-state index is 11.0. The lowest BCUT2D eigenvalue weighted by Gasteiger charge is -2.07. The monoisotopic (exact) mass is 278 g/mol. The number of rotatable bonds is 3. The van der Waals surface area contributed by atoms with E-state index in [1.807, 2.05) is 0 Å². The molecule has 0 aliphatic heterocycles. The van der Waals surface area contributed by atoms with Crippen LogP contribution in [0.5, 0.6) is 5.75 Å². The molecule has 6 heteroatoms. The Bertz CT molecular complexity index is 644. The number of hydrogen-bond acceptors (Lipinski definition) is 4. The topological polar surface area (TPSA) is 72.3 Å². The van der Waals surface area contributed by atoms with Gasteiger partial charge in [-0.25, -0.2) is 14.8 Å². The van der Waals surface area contributed by atoms with E-state index < -0.39 is 5.97 Å². The standard InChI is InChI=1S/C13H11ClN2O3/c1-7-15-10(6-11(16-7)13(17)18)8-3-4-12(19-2)9(14)5-8/h3-6H,1-2H3,(H,17,18). The van der Waals surface area contributed by atoms with Gasteiger partial charge in [0.2, 0.25) is 0 Å². The molecule has 0 fully saturated rings. The predicted octanol–water partition coefficient (Wildman–Crippen LogP) is 2.81. The molecule has 0 atom stereocenters. The van der Waals surface area contributed by atoms with Gasteiger partial charge in [-0.15, -0.1) is 0 Å². The first-order chi connectivity index (χ1) is 9.01. The van der Waals surface area contributed by atoms with Crippen molar-refractivity contribution in [2.45, 2.75) is 6.92 Å². The molecule has 0 amide bonds. The lowest BCUT2D eigenvalue weighted by molar-refractivity contribution is 0.0690. The Balaban J connectivity index is 2.52. The molecule has 98 valence electrons. The van der Waals surface area contributed by atoms with Crippen molar-refractivity contribution in [1.29, 1.82) is 0 Å². The van der Waals surface area contributed by atoms with Crippen LogP contribution in [0.1, 0.15) is 16.3 Å². The van der Waals surface area contributed by atoms with Gasteiger partial charge in [-0.05, 0) is 31.2 Å². The molecule has 0 unspecified atom stereocenters. The average molecular weight is 279 g/mol. The Labute approximate surface area is 114 Å². The third kappa shape index (κ3) is 2.82. The minimum absolute atomic E-state index is 0.0468. The molecule has 2 rings (SSSR count). The molecule has 1 aromatic heterocycles. The summed E-state index contributed by atoms with van der Waals surface area (Å²) in [4.78, 5) is 19.0. The molecule has 1 N–H and O–H groups in total. The number of carboxylic acids is 1. The summed E-state index contributed by atoms with van der Waals surface area (Å²) in [5, 5.41) is 9.42. The molecule has 5 nitrogen and oxygen atoms in total. The third-order valence-electron chi connectivity index (χ3n) is 2.50. The first kappa shape index (κ1) is 13.3. The summed E-state index contributed by atoms with van der Waals surface area (Å²) in [6, 6.07) is 6.55. The van der Waals surface area contributed by atoms with E-state index in [1.165, 1.54) is 13.2 Å². The Morgan fingerprint density at radius 3 is 2.63 bits per heavy atom. The second-order valence-electron chi connectivity index (χ2n) is 3.84. The van der Waals surface area contributed by atoms with Crippen LogP contribution in [0.2, 0.25) is 5.02 Å². The lowest BCUT2D eigenvalue weighted by atomic mass is 10.1. The van der Waals surface area contributed by atoms with Gasteiger partial charge in [-0.2, -0.15) is 0 Å². The quantitative estimate of drug-likeness (QED) is 0.934. The first-order valence-corrected chi connectivity index (χ1v) is 5.82. The van der Waals surface area contributed by atoms with Gasteiger partial charge in [0.1, 0.15) is 11.6 Å². The molecule has 0 radical (unpaired) electrons. The fraction of sp³-hybridized carbons (Fsp3) is 0.154. The zero-order valence-corrected chi connectivity index (χ0v) is 11.1. The number of aryl methyl sites for hydroxylation is 1. The van der Waals surface area contributed by atoms with E-state index >= 15 is 0 Å². The summed E-state index contributed by atoms with van der Waals surface area (Å²) in [5.41, 5.74) is 1.17. The highest BCUT2D eigenvalue weighted by atomic mass is 35.5. The van der Waals surface area contributed by atoms with Crippen molar-refractivity contribution in [3.8, 4) is 17.0 Å². The summed E-state index contributed by atoms with van der Waals surface area (Å²) < 4.78 is 5.06. The highest BCUT2D eigenvalue weighted by molar-refractivity contribution is 6.32. The van der Waals surface area contributed by atoms with E-state index in [0.29, 0.717) is 27.9 Å². The van der Waals surface area contributed by atoms with Crippen molar-refractivity contribution in [2.24, 2.45) is 0 Å². The Morgan fingerprint density at radius 2 is 2.05 bits per heavy atom. The van der Waals surface area contributed by atoms with Gasteiger partial charge in [0, 0.05) is 5.56 Å². The summed E-state index contributed by atoms with van der Waals surface area (Å²) in [7, 11) is 1.53. The molecule has 0 saturated heterocycles. The number of methoxy groups -OCH3 is 1. The number of benzene rings is 1. The number of carboxylic acid groups (broad SMARTS) is 1. The van der Waals surface area contributed by atoms with Crippen molar-refractivity contribution >= 4 is 17.6 Å². The van der Waals surface area contributed by atoms with E-state index in [9.17, 15) is 4.79 Å². The van der Waals surface area contributed by atoms with Gasteiger partial charge in [-0.1, -0.05) is 11.6 Å². The molecule has 0 aliphatic rings. The van der Waals surface area contributed by atoms with Crippen LogP contribution in [-0.4, -0.2) is 28.2 Å². The average Bonchev–Trinajstić information content (AvgIpc) is 2.37. The molecule has 0 saturated carbocycles. The maximum atomic E-state index is 11.0. The third-order valence-corrected chi connectivity index (χ3v) is 2.80. The second kappa shape index (κ2) is 5.24. The van der Waals surface area contributed by atoms with Gasteiger partial charge >= 0.3 is 5.97 Å². The SMILES string of the molecule is COc1ccc(-c2cc(C(=O)O)nc(C)n2)cc1Cl. The van der Waals surface area contributed by atoms with Crippen molar-refractivity contribution in [3.63, 3.8) is 0 Å². The Morgan fingerprint density at radius 1 is 1.32 bits per heavy atom. The van der Waals surface area contributed by atoms with E-state index in [4.69, 9.17) is 21.4 Å². The fourth-order valence-corrected chi connectivity index (χ4v) is 1.91. The summed E-state index contributed by atoms with van der Waals surface area (Å²) in [6.07, 6.45) is 0. The number of carbonyl (C=O) groups is 1. The van der Waals surface area contributed by atoms with Crippen molar-refractivity contribution in [1.82, 2.24) is 9.97 Å². The highest BCUT2D eigenvalue weighted by Crippen LogP contribution is 2.29. The minimum atomic E-state index is -1.09. The number of nitrogens with zero attached hydrogens (tertiary/aromatic N) is 2. The molecular formula is C13H11ClN2O3. The Kier molecular flexibility index (Phi) is 3.66. The number of ether oxygens (including phenoxy) is 1. The smallest absolute Gasteiger partial charge is 0.354 e. The molecule has 0 bridgehead atoms. The number of aromatic carboxylic acids is 1. The molecule has 19 heavy (non-hydrogen) atoms. The number of halogens is 1. The van der Waals surface area contributed by atoms with Crippen LogP contribution >= 0.6 is 11.6 Å². The van der Waals surface area contributed by atoms with E-state index in [0.717, 1.165) is 0 Å². The molecule has 0 spiro atoms. The zero-order valence-electron chi connectivity index (χ0n) is 10.3. The largest absolute Gasteiger partial charge is 0.495 e. The van der Waals surface area contributed by atoms with E-state index in [2.05, 4.69) is 9.97 Å². The van der Waals surface area contributed by atoms with Crippen LogP contribution in [0.15, 0.2) is 24.3 Å². The van der Waals surface area contributed by atoms with Gasteiger partial charge in [0.05, 0.1) is 17.8 Å². The maximum Gasteiger partial charge on any atom is 0.354 e. The van der Waals surface area contributed by atoms with E-state index in [-0.39, 0.29) is 5.69 Å². The normalized spacial score (nSPS) is 10.3. The molecule has 1 heterocycles. The molecule has 1 aromatic carbocycles. The van der Waals surface area contributed by atoms with Crippen LogP contribution in [0.25, 0.3) is 11.3 Å². The van der Waals surface area contributed by atoms with Crippen LogP contribution in [0.4, 0.5) is 0 Å². The van der Waals surface area contributed by atoms with Gasteiger partial charge < -0.3 is 9.84 Å². The van der Waals surface area contributed by atoms with Gasteiger partial charge in [0.25, 0.3) is 0 Å². The van der Waals surface area contributed by atoms with Crippen LogP contribution in [0.3, 0.4) is 0 Å².